The summed E-state index contributed by atoms with van der Waals surface area (Å²) < 4.78 is 0. The molecule has 1 fully saturated rings. The Bertz CT molecular complexity index is 664. The highest BCUT2D eigenvalue weighted by molar-refractivity contribution is 5.79. The topological polar surface area (TPSA) is 36.4 Å². The molecule has 2 aromatic carbocycles. The maximum absolute atomic E-state index is 4.32. The second-order valence-electron chi connectivity index (χ2n) is 6.25. The summed E-state index contributed by atoms with van der Waals surface area (Å²) in [5.74, 6) is 2.31. The minimum Gasteiger partial charge on any atom is -0.356 e. The molecule has 0 bridgehead atoms. The van der Waals surface area contributed by atoms with Crippen molar-refractivity contribution in [1.29, 1.82) is 0 Å². The third-order valence-electron chi connectivity index (χ3n) is 4.61. The van der Waals surface area contributed by atoms with Gasteiger partial charge in [-0.1, -0.05) is 54.6 Å². The fourth-order valence-corrected chi connectivity index (χ4v) is 3.02. The number of hydrogen-bond acceptors (Lipinski definition) is 1. The molecule has 23 heavy (non-hydrogen) atoms. The SMILES string of the molecule is CN=C(NCc1ccccc1C)NCC1CC1c1ccccc1. The van der Waals surface area contributed by atoms with Crippen molar-refractivity contribution in [2.45, 2.75) is 25.8 Å². The minimum absolute atomic E-state index is 0.707. The van der Waals surface area contributed by atoms with Crippen molar-refractivity contribution in [3.05, 3.63) is 71.3 Å². The second kappa shape index (κ2) is 7.32. The second-order valence-corrected chi connectivity index (χ2v) is 6.25. The summed E-state index contributed by atoms with van der Waals surface area (Å²) >= 11 is 0. The van der Waals surface area contributed by atoms with Gasteiger partial charge in [0.15, 0.2) is 5.96 Å². The summed E-state index contributed by atoms with van der Waals surface area (Å²) in [6.45, 7) is 3.92. The van der Waals surface area contributed by atoms with E-state index in [-0.39, 0.29) is 0 Å². The van der Waals surface area contributed by atoms with Gasteiger partial charge in [0.1, 0.15) is 0 Å². The van der Waals surface area contributed by atoms with Crippen molar-refractivity contribution < 1.29 is 0 Å². The molecule has 2 N–H and O–H groups in total. The van der Waals surface area contributed by atoms with Crippen LogP contribution in [0.2, 0.25) is 0 Å². The van der Waals surface area contributed by atoms with Crippen LogP contribution in [0.15, 0.2) is 59.6 Å². The number of rotatable bonds is 5. The lowest BCUT2D eigenvalue weighted by atomic mass is 10.1. The Kier molecular flexibility index (Phi) is 4.96. The monoisotopic (exact) mass is 307 g/mol. The third-order valence-corrected chi connectivity index (χ3v) is 4.61. The molecule has 0 radical (unpaired) electrons. The molecule has 3 rings (SSSR count). The Labute approximate surface area is 138 Å². The smallest absolute Gasteiger partial charge is 0.191 e. The number of hydrogen-bond donors (Lipinski definition) is 2. The molecule has 120 valence electrons. The van der Waals surface area contributed by atoms with Gasteiger partial charge in [-0.2, -0.15) is 0 Å². The summed E-state index contributed by atoms with van der Waals surface area (Å²) in [7, 11) is 1.83. The first-order valence-electron chi connectivity index (χ1n) is 8.32. The van der Waals surface area contributed by atoms with Gasteiger partial charge in [0.25, 0.3) is 0 Å². The van der Waals surface area contributed by atoms with Gasteiger partial charge in [-0.15, -0.1) is 0 Å². The molecule has 2 aromatic rings. The summed E-state index contributed by atoms with van der Waals surface area (Å²) in [5.41, 5.74) is 4.08. The molecule has 0 aromatic heterocycles. The average molecular weight is 307 g/mol. The van der Waals surface area contributed by atoms with Gasteiger partial charge in [0.05, 0.1) is 0 Å². The number of aliphatic imine (C=N–C) groups is 1. The number of guanidine groups is 1. The van der Waals surface area contributed by atoms with E-state index in [4.69, 9.17) is 0 Å². The highest BCUT2D eigenvalue weighted by atomic mass is 15.2. The largest absolute Gasteiger partial charge is 0.356 e. The van der Waals surface area contributed by atoms with Gasteiger partial charge in [0, 0.05) is 20.1 Å². The lowest BCUT2D eigenvalue weighted by molar-refractivity contribution is 0.719. The van der Waals surface area contributed by atoms with Crippen LogP contribution in [0, 0.1) is 12.8 Å². The predicted octanol–water partition coefficient (Wildman–Crippen LogP) is 3.46. The molecular formula is C20H25N3. The van der Waals surface area contributed by atoms with E-state index in [0.717, 1.165) is 25.0 Å². The Morgan fingerprint density at radius 3 is 2.52 bits per heavy atom. The van der Waals surface area contributed by atoms with E-state index in [1.54, 1.807) is 0 Å². The Morgan fingerprint density at radius 2 is 1.78 bits per heavy atom. The summed E-state index contributed by atoms with van der Waals surface area (Å²) in [4.78, 5) is 4.32. The van der Waals surface area contributed by atoms with Gasteiger partial charge in [0.2, 0.25) is 0 Å². The van der Waals surface area contributed by atoms with Crippen molar-refractivity contribution >= 4 is 5.96 Å². The van der Waals surface area contributed by atoms with E-state index >= 15 is 0 Å². The molecule has 0 saturated heterocycles. The molecule has 0 heterocycles. The normalized spacial score (nSPS) is 20.2. The molecule has 3 heteroatoms. The fraction of sp³-hybridized carbons (Fsp3) is 0.350. The van der Waals surface area contributed by atoms with Crippen LogP contribution in [-0.2, 0) is 6.54 Å². The Balaban J connectivity index is 1.45. The molecule has 0 spiro atoms. The van der Waals surface area contributed by atoms with Gasteiger partial charge in [-0.25, -0.2) is 0 Å². The average Bonchev–Trinajstić information content (AvgIpc) is 3.37. The summed E-state index contributed by atoms with van der Waals surface area (Å²) in [5, 5.41) is 6.86. The van der Waals surface area contributed by atoms with Gasteiger partial charge in [-0.3, -0.25) is 4.99 Å². The van der Waals surface area contributed by atoms with Crippen LogP contribution in [0.25, 0.3) is 0 Å². The summed E-state index contributed by atoms with van der Waals surface area (Å²) in [6.07, 6.45) is 1.27. The van der Waals surface area contributed by atoms with E-state index < -0.39 is 0 Å². The Hall–Kier alpha value is -2.29. The van der Waals surface area contributed by atoms with Crippen LogP contribution in [0.5, 0.6) is 0 Å². The van der Waals surface area contributed by atoms with E-state index in [0.29, 0.717) is 5.92 Å². The number of nitrogens with one attached hydrogen (secondary N) is 2. The number of nitrogens with zero attached hydrogens (tertiary/aromatic N) is 1. The fourth-order valence-electron chi connectivity index (χ4n) is 3.02. The quantitative estimate of drug-likeness (QED) is 0.655. The van der Waals surface area contributed by atoms with Gasteiger partial charge >= 0.3 is 0 Å². The zero-order valence-electron chi connectivity index (χ0n) is 13.9. The van der Waals surface area contributed by atoms with Crippen LogP contribution in [0.4, 0.5) is 0 Å². The van der Waals surface area contributed by atoms with Crippen molar-refractivity contribution in [2.24, 2.45) is 10.9 Å². The van der Waals surface area contributed by atoms with E-state index in [1.807, 2.05) is 7.05 Å². The molecule has 0 aliphatic heterocycles. The first-order chi connectivity index (χ1) is 11.3. The first kappa shape index (κ1) is 15.6. The predicted molar refractivity (Wildman–Crippen MR) is 96.7 cm³/mol. The molecule has 1 aliphatic rings. The molecule has 1 saturated carbocycles. The van der Waals surface area contributed by atoms with Crippen molar-refractivity contribution in [3.8, 4) is 0 Å². The standard InChI is InChI=1S/C20H25N3/c1-15-8-6-7-11-17(15)13-22-20(21-2)23-14-18-12-19(18)16-9-4-3-5-10-16/h3-11,18-19H,12-14H2,1-2H3,(H2,21,22,23). The maximum atomic E-state index is 4.32. The zero-order chi connectivity index (χ0) is 16.1. The van der Waals surface area contributed by atoms with E-state index in [2.05, 4.69) is 77.1 Å². The van der Waals surface area contributed by atoms with Crippen LogP contribution in [0.3, 0.4) is 0 Å². The molecule has 0 amide bonds. The third kappa shape index (κ3) is 4.13. The van der Waals surface area contributed by atoms with Crippen LogP contribution < -0.4 is 10.6 Å². The zero-order valence-corrected chi connectivity index (χ0v) is 13.9. The van der Waals surface area contributed by atoms with E-state index in [1.165, 1.54) is 23.1 Å². The van der Waals surface area contributed by atoms with Crippen LogP contribution in [-0.4, -0.2) is 19.6 Å². The molecular weight excluding hydrogens is 282 g/mol. The molecule has 2 atom stereocenters. The summed E-state index contributed by atoms with van der Waals surface area (Å²) in [6, 6.07) is 19.2. The highest BCUT2D eigenvalue weighted by Gasteiger charge is 2.37. The van der Waals surface area contributed by atoms with Crippen molar-refractivity contribution in [1.82, 2.24) is 10.6 Å². The van der Waals surface area contributed by atoms with Crippen molar-refractivity contribution in [2.75, 3.05) is 13.6 Å². The molecule has 1 aliphatic carbocycles. The van der Waals surface area contributed by atoms with Crippen molar-refractivity contribution in [3.63, 3.8) is 0 Å². The first-order valence-corrected chi connectivity index (χ1v) is 8.32. The lowest BCUT2D eigenvalue weighted by Crippen LogP contribution is -2.38. The van der Waals surface area contributed by atoms with Gasteiger partial charge < -0.3 is 10.6 Å². The number of aryl methyl sites for hydroxylation is 1. The number of benzene rings is 2. The van der Waals surface area contributed by atoms with Gasteiger partial charge in [-0.05, 0) is 41.9 Å². The Morgan fingerprint density at radius 1 is 1.04 bits per heavy atom. The highest BCUT2D eigenvalue weighted by Crippen LogP contribution is 2.46. The minimum atomic E-state index is 0.707. The van der Waals surface area contributed by atoms with E-state index in [9.17, 15) is 0 Å². The maximum Gasteiger partial charge on any atom is 0.191 e. The lowest BCUT2D eigenvalue weighted by Gasteiger charge is -2.13. The van der Waals surface area contributed by atoms with Crippen LogP contribution >= 0.6 is 0 Å². The molecule has 3 nitrogen and oxygen atoms in total. The van der Waals surface area contributed by atoms with Crippen LogP contribution in [0.1, 0.15) is 29.0 Å². The molecule has 2 unspecified atom stereocenters.